The highest BCUT2D eigenvalue weighted by Gasteiger charge is 2.24. The Morgan fingerprint density at radius 2 is 1.89 bits per heavy atom. The van der Waals surface area contributed by atoms with E-state index in [0.29, 0.717) is 11.4 Å². The SMILES string of the molecule is CNC(=O)NC(=O)[C@@H](C)OC(=O)c1cc(-c2cccs2)nn1-c1ccccc1. The number of esters is 1. The van der Waals surface area contributed by atoms with E-state index in [1.165, 1.54) is 30.0 Å². The van der Waals surface area contributed by atoms with E-state index >= 15 is 0 Å². The molecule has 0 bridgehead atoms. The van der Waals surface area contributed by atoms with Crippen LogP contribution in [0.25, 0.3) is 16.3 Å². The van der Waals surface area contributed by atoms with Gasteiger partial charge in [-0.05, 0) is 30.5 Å². The molecule has 0 saturated carbocycles. The number of amides is 3. The average Bonchev–Trinajstić information content (AvgIpc) is 3.38. The molecule has 0 saturated heterocycles. The number of nitrogens with zero attached hydrogens (tertiary/aromatic N) is 2. The molecule has 8 nitrogen and oxygen atoms in total. The van der Waals surface area contributed by atoms with Gasteiger partial charge < -0.3 is 10.1 Å². The lowest BCUT2D eigenvalue weighted by Gasteiger charge is -2.13. The first kappa shape index (κ1) is 19.3. The van der Waals surface area contributed by atoms with E-state index in [0.717, 1.165) is 4.88 Å². The number of aromatic nitrogens is 2. The van der Waals surface area contributed by atoms with Crippen LogP contribution < -0.4 is 10.6 Å². The van der Waals surface area contributed by atoms with Crippen molar-refractivity contribution < 1.29 is 19.1 Å². The van der Waals surface area contributed by atoms with Gasteiger partial charge in [0.15, 0.2) is 11.8 Å². The Morgan fingerprint density at radius 3 is 2.54 bits per heavy atom. The van der Waals surface area contributed by atoms with Gasteiger partial charge in [0.25, 0.3) is 5.91 Å². The fourth-order valence-corrected chi connectivity index (χ4v) is 3.07. The number of urea groups is 1. The van der Waals surface area contributed by atoms with Crippen molar-refractivity contribution in [2.75, 3.05) is 7.05 Å². The fraction of sp³-hybridized carbons (Fsp3) is 0.158. The summed E-state index contributed by atoms with van der Waals surface area (Å²) in [5.41, 5.74) is 1.47. The van der Waals surface area contributed by atoms with Crippen LogP contribution in [0.15, 0.2) is 53.9 Å². The quantitative estimate of drug-likeness (QED) is 0.643. The summed E-state index contributed by atoms with van der Waals surface area (Å²) in [6.45, 7) is 1.39. The molecule has 0 radical (unpaired) electrons. The van der Waals surface area contributed by atoms with E-state index in [2.05, 4.69) is 15.7 Å². The minimum absolute atomic E-state index is 0.175. The number of hydrogen-bond acceptors (Lipinski definition) is 6. The third kappa shape index (κ3) is 4.26. The van der Waals surface area contributed by atoms with Crippen LogP contribution in [-0.4, -0.2) is 40.8 Å². The lowest BCUT2D eigenvalue weighted by atomic mass is 10.3. The predicted octanol–water partition coefficient (Wildman–Crippen LogP) is 2.60. The second-order valence-corrected chi connectivity index (χ2v) is 6.70. The topological polar surface area (TPSA) is 102 Å². The predicted molar refractivity (Wildman–Crippen MR) is 104 cm³/mol. The van der Waals surface area contributed by atoms with Crippen LogP contribution in [0.5, 0.6) is 0 Å². The first-order valence-electron chi connectivity index (χ1n) is 8.42. The molecule has 3 aromatic rings. The Hall–Kier alpha value is -3.46. The number of hydrogen-bond donors (Lipinski definition) is 2. The first-order valence-corrected chi connectivity index (χ1v) is 9.30. The third-order valence-corrected chi connectivity index (χ3v) is 4.70. The minimum Gasteiger partial charge on any atom is -0.448 e. The van der Waals surface area contributed by atoms with Gasteiger partial charge >= 0.3 is 12.0 Å². The average molecular weight is 398 g/mol. The summed E-state index contributed by atoms with van der Waals surface area (Å²) in [5.74, 6) is -1.45. The van der Waals surface area contributed by atoms with E-state index < -0.39 is 24.0 Å². The zero-order valence-electron chi connectivity index (χ0n) is 15.2. The highest BCUT2D eigenvalue weighted by molar-refractivity contribution is 7.13. The standard InChI is InChI=1S/C19H18N4O4S/c1-12(17(24)21-19(26)20-2)27-18(25)15-11-14(16-9-6-10-28-16)22-23(15)13-7-4-3-5-8-13/h3-12H,1-2H3,(H2,20,21,24,26)/t12-/m1/s1. The number of thiophene rings is 1. The molecule has 0 unspecified atom stereocenters. The molecule has 1 aromatic carbocycles. The number of para-hydroxylation sites is 1. The number of benzene rings is 1. The molecule has 2 heterocycles. The van der Waals surface area contributed by atoms with Crippen LogP contribution in [0, 0.1) is 0 Å². The zero-order chi connectivity index (χ0) is 20.1. The molecule has 144 valence electrons. The largest absolute Gasteiger partial charge is 0.448 e. The maximum Gasteiger partial charge on any atom is 0.357 e. The van der Waals surface area contributed by atoms with Gasteiger partial charge in [-0.3, -0.25) is 10.1 Å². The monoisotopic (exact) mass is 398 g/mol. The molecule has 28 heavy (non-hydrogen) atoms. The highest BCUT2D eigenvalue weighted by atomic mass is 32.1. The second kappa shape index (κ2) is 8.49. The Balaban J connectivity index is 1.88. The van der Waals surface area contributed by atoms with Crippen molar-refractivity contribution in [1.29, 1.82) is 0 Å². The van der Waals surface area contributed by atoms with Gasteiger partial charge in [-0.15, -0.1) is 11.3 Å². The number of carbonyl (C=O) groups is 3. The van der Waals surface area contributed by atoms with Gasteiger partial charge in [0.1, 0.15) is 5.69 Å². The van der Waals surface area contributed by atoms with Crippen molar-refractivity contribution in [2.24, 2.45) is 0 Å². The molecule has 0 aliphatic rings. The van der Waals surface area contributed by atoms with Gasteiger partial charge in [0.05, 0.1) is 10.6 Å². The number of rotatable bonds is 5. The highest BCUT2D eigenvalue weighted by Crippen LogP contribution is 2.26. The van der Waals surface area contributed by atoms with Crippen molar-refractivity contribution >= 4 is 29.2 Å². The number of imide groups is 1. The smallest absolute Gasteiger partial charge is 0.357 e. The maximum absolute atomic E-state index is 12.7. The first-order chi connectivity index (χ1) is 13.5. The maximum atomic E-state index is 12.7. The van der Waals surface area contributed by atoms with E-state index in [9.17, 15) is 14.4 Å². The van der Waals surface area contributed by atoms with Crippen molar-refractivity contribution in [3.05, 3.63) is 59.6 Å². The molecule has 0 fully saturated rings. The van der Waals surface area contributed by atoms with E-state index in [-0.39, 0.29) is 5.69 Å². The van der Waals surface area contributed by atoms with Gasteiger partial charge in [-0.25, -0.2) is 14.3 Å². The Labute approximate surface area is 165 Å². The fourth-order valence-electron chi connectivity index (χ4n) is 2.39. The number of nitrogens with one attached hydrogen (secondary N) is 2. The summed E-state index contributed by atoms with van der Waals surface area (Å²) in [5, 5.41) is 10.8. The molecule has 3 rings (SSSR count). The van der Waals surface area contributed by atoms with Crippen LogP contribution in [0.4, 0.5) is 4.79 Å². The van der Waals surface area contributed by atoms with Crippen molar-refractivity contribution in [3.63, 3.8) is 0 Å². The molecule has 1 atom stereocenters. The van der Waals surface area contributed by atoms with Crippen molar-refractivity contribution in [1.82, 2.24) is 20.4 Å². The molecule has 0 spiro atoms. The molecule has 0 aliphatic carbocycles. The summed E-state index contributed by atoms with van der Waals surface area (Å²) in [6.07, 6.45) is -1.16. The molecule has 2 aromatic heterocycles. The number of carbonyl (C=O) groups excluding carboxylic acids is 3. The second-order valence-electron chi connectivity index (χ2n) is 5.76. The third-order valence-electron chi connectivity index (χ3n) is 3.81. The molecular weight excluding hydrogens is 380 g/mol. The van der Waals surface area contributed by atoms with Gasteiger partial charge in [0, 0.05) is 13.1 Å². The van der Waals surface area contributed by atoms with Crippen LogP contribution in [0.2, 0.25) is 0 Å². The van der Waals surface area contributed by atoms with Crippen LogP contribution in [0.1, 0.15) is 17.4 Å². The lowest BCUT2D eigenvalue weighted by Crippen LogP contribution is -2.43. The van der Waals surface area contributed by atoms with E-state index in [4.69, 9.17) is 4.74 Å². The lowest BCUT2D eigenvalue weighted by molar-refractivity contribution is -0.127. The summed E-state index contributed by atoms with van der Waals surface area (Å²) >= 11 is 1.50. The Bertz CT molecular complexity index is 983. The summed E-state index contributed by atoms with van der Waals surface area (Å²) in [7, 11) is 1.38. The summed E-state index contributed by atoms with van der Waals surface area (Å²) in [6, 6.07) is 13.9. The summed E-state index contributed by atoms with van der Waals surface area (Å²) < 4.78 is 6.72. The van der Waals surface area contributed by atoms with Gasteiger partial charge in [-0.1, -0.05) is 24.3 Å². The molecule has 0 aliphatic heterocycles. The van der Waals surface area contributed by atoms with Gasteiger partial charge in [0.2, 0.25) is 0 Å². The van der Waals surface area contributed by atoms with Crippen LogP contribution >= 0.6 is 11.3 Å². The normalized spacial score (nSPS) is 11.5. The van der Waals surface area contributed by atoms with Crippen molar-refractivity contribution in [2.45, 2.75) is 13.0 Å². The summed E-state index contributed by atoms with van der Waals surface area (Å²) in [4.78, 5) is 36.8. The molecule has 2 N–H and O–H groups in total. The van der Waals surface area contributed by atoms with Gasteiger partial charge in [-0.2, -0.15) is 5.10 Å². The zero-order valence-corrected chi connectivity index (χ0v) is 16.0. The minimum atomic E-state index is -1.16. The Morgan fingerprint density at radius 1 is 1.14 bits per heavy atom. The molecule has 3 amide bonds. The van der Waals surface area contributed by atoms with Crippen molar-refractivity contribution in [3.8, 4) is 16.3 Å². The van der Waals surface area contributed by atoms with Crippen LogP contribution in [-0.2, 0) is 9.53 Å². The molecular formula is C19H18N4O4S. The number of ether oxygens (including phenoxy) is 1. The molecule has 9 heteroatoms. The van der Waals surface area contributed by atoms with E-state index in [1.54, 1.807) is 6.07 Å². The Kier molecular flexibility index (Phi) is 5.85. The van der Waals surface area contributed by atoms with E-state index in [1.807, 2.05) is 47.8 Å². The van der Waals surface area contributed by atoms with Crippen LogP contribution in [0.3, 0.4) is 0 Å².